The Morgan fingerprint density at radius 1 is 0.632 bits per heavy atom. The second-order valence-corrected chi connectivity index (χ2v) is 5.83. The van der Waals surface area contributed by atoms with Crippen molar-refractivity contribution in [3.8, 4) is 0 Å². The first kappa shape index (κ1) is 21.3. The molecule has 0 aliphatic heterocycles. The Hall–Kier alpha value is -0.0400. The lowest BCUT2D eigenvalue weighted by molar-refractivity contribution is 0.318. The van der Waals surface area contributed by atoms with Crippen LogP contribution in [0.2, 0.25) is 0 Å². The smallest absolute Gasteiger partial charge is 0.0402 e. The summed E-state index contributed by atoms with van der Waals surface area (Å²) >= 11 is 0. The van der Waals surface area contributed by atoms with Gasteiger partial charge in [-0.05, 0) is 12.8 Å². The summed E-state index contributed by atoms with van der Waals surface area (Å²) in [6.07, 6.45) is 17.3. The predicted molar refractivity (Wildman–Crippen MR) is 88.7 cm³/mol. The van der Waals surface area contributed by atoms with Gasteiger partial charge in [-0.2, -0.15) is 0 Å². The SMILES string of the molecule is CCCCCCCCC(C)CCCCCC.CCO. The third-order valence-corrected chi connectivity index (χ3v) is 3.60. The van der Waals surface area contributed by atoms with Crippen LogP contribution in [-0.2, 0) is 0 Å². The van der Waals surface area contributed by atoms with Crippen LogP contribution in [0.1, 0.15) is 105 Å². The number of unbranched alkanes of at least 4 members (excludes halogenated alkanes) is 8. The van der Waals surface area contributed by atoms with Crippen LogP contribution in [0.15, 0.2) is 0 Å². The highest BCUT2D eigenvalue weighted by Crippen LogP contribution is 2.17. The molecule has 0 aliphatic carbocycles. The number of rotatable bonds is 12. The molecule has 0 fully saturated rings. The number of hydrogen-bond acceptors (Lipinski definition) is 1. The third kappa shape index (κ3) is 23.5. The molecule has 1 nitrogen and oxygen atoms in total. The average molecular weight is 273 g/mol. The van der Waals surface area contributed by atoms with Crippen molar-refractivity contribution in [2.24, 2.45) is 5.92 Å². The molecule has 0 spiro atoms. The molecular weight excluding hydrogens is 232 g/mol. The summed E-state index contributed by atoms with van der Waals surface area (Å²) < 4.78 is 0. The van der Waals surface area contributed by atoms with Crippen LogP contribution in [0, 0.1) is 5.92 Å². The van der Waals surface area contributed by atoms with Gasteiger partial charge in [0.25, 0.3) is 0 Å². The van der Waals surface area contributed by atoms with Gasteiger partial charge in [-0.1, -0.05) is 97.8 Å². The van der Waals surface area contributed by atoms with E-state index < -0.39 is 0 Å². The van der Waals surface area contributed by atoms with E-state index in [9.17, 15) is 0 Å². The minimum atomic E-state index is 0.250. The molecule has 0 radical (unpaired) electrons. The van der Waals surface area contributed by atoms with Crippen LogP contribution >= 0.6 is 0 Å². The van der Waals surface area contributed by atoms with Gasteiger partial charge in [0.15, 0.2) is 0 Å². The van der Waals surface area contributed by atoms with E-state index in [2.05, 4.69) is 20.8 Å². The highest BCUT2D eigenvalue weighted by molar-refractivity contribution is 4.55. The van der Waals surface area contributed by atoms with Crippen LogP contribution in [0.4, 0.5) is 0 Å². The molecule has 1 heteroatoms. The zero-order valence-corrected chi connectivity index (χ0v) is 14.2. The van der Waals surface area contributed by atoms with Crippen molar-refractivity contribution >= 4 is 0 Å². The Bertz CT molecular complexity index is 134. The monoisotopic (exact) mass is 272 g/mol. The fraction of sp³-hybridized carbons (Fsp3) is 1.00. The molecule has 0 heterocycles. The Kier molecular flexibility index (Phi) is 22.7. The van der Waals surface area contributed by atoms with E-state index in [-0.39, 0.29) is 6.61 Å². The molecule has 1 unspecified atom stereocenters. The number of aliphatic hydroxyl groups excluding tert-OH is 1. The topological polar surface area (TPSA) is 20.2 Å². The van der Waals surface area contributed by atoms with Crippen molar-refractivity contribution in [2.45, 2.75) is 105 Å². The van der Waals surface area contributed by atoms with Crippen molar-refractivity contribution in [2.75, 3.05) is 6.61 Å². The zero-order valence-electron chi connectivity index (χ0n) is 14.2. The molecule has 0 rings (SSSR count). The van der Waals surface area contributed by atoms with Gasteiger partial charge in [-0.3, -0.25) is 0 Å². The van der Waals surface area contributed by atoms with Gasteiger partial charge in [0.2, 0.25) is 0 Å². The lowest BCUT2D eigenvalue weighted by Crippen LogP contribution is -1.95. The minimum Gasteiger partial charge on any atom is -0.397 e. The van der Waals surface area contributed by atoms with Crippen LogP contribution < -0.4 is 0 Å². The van der Waals surface area contributed by atoms with Gasteiger partial charge in [-0.25, -0.2) is 0 Å². The van der Waals surface area contributed by atoms with Crippen molar-refractivity contribution < 1.29 is 5.11 Å². The molecule has 0 amide bonds. The Morgan fingerprint density at radius 2 is 0.947 bits per heavy atom. The van der Waals surface area contributed by atoms with Crippen molar-refractivity contribution in [3.05, 3.63) is 0 Å². The lowest BCUT2D eigenvalue weighted by Gasteiger charge is -2.10. The van der Waals surface area contributed by atoms with Gasteiger partial charge in [-0.15, -0.1) is 0 Å². The van der Waals surface area contributed by atoms with E-state index in [1.54, 1.807) is 6.92 Å². The standard InChI is InChI=1S/C16H34.C2H6O/c1-4-6-8-10-11-13-15-16(3)14-12-9-7-5-2;1-2-3/h16H,4-15H2,1-3H3;3H,2H2,1H3. The first-order valence-electron chi connectivity index (χ1n) is 8.83. The van der Waals surface area contributed by atoms with Crippen LogP contribution in [0.5, 0.6) is 0 Å². The molecule has 0 aromatic rings. The van der Waals surface area contributed by atoms with E-state index in [1.807, 2.05) is 0 Å². The lowest BCUT2D eigenvalue weighted by atomic mass is 9.96. The minimum absolute atomic E-state index is 0.250. The average Bonchev–Trinajstić information content (AvgIpc) is 2.40. The molecule has 1 atom stereocenters. The summed E-state index contributed by atoms with van der Waals surface area (Å²) in [6, 6.07) is 0. The van der Waals surface area contributed by atoms with E-state index in [1.165, 1.54) is 77.0 Å². The van der Waals surface area contributed by atoms with Gasteiger partial charge >= 0.3 is 0 Å². The maximum Gasteiger partial charge on any atom is 0.0402 e. The van der Waals surface area contributed by atoms with Gasteiger partial charge in [0.05, 0.1) is 0 Å². The Labute approximate surface area is 123 Å². The Morgan fingerprint density at radius 3 is 1.37 bits per heavy atom. The summed E-state index contributed by atoms with van der Waals surface area (Å²) in [4.78, 5) is 0. The molecule has 0 aliphatic rings. The van der Waals surface area contributed by atoms with Gasteiger partial charge in [0, 0.05) is 6.61 Å². The molecule has 1 N–H and O–H groups in total. The van der Waals surface area contributed by atoms with Crippen molar-refractivity contribution in [1.82, 2.24) is 0 Å². The fourth-order valence-electron chi connectivity index (χ4n) is 2.34. The molecular formula is C18H40O. The maximum atomic E-state index is 7.57. The van der Waals surface area contributed by atoms with Crippen molar-refractivity contribution in [3.63, 3.8) is 0 Å². The Balaban J connectivity index is 0. The number of aliphatic hydroxyl groups is 1. The van der Waals surface area contributed by atoms with Crippen molar-refractivity contribution in [1.29, 1.82) is 0 Å². The quantitative estimate of drug-likeness (QED) is 0.411. The number of hydrogen-bond donors (Lipinski definition) is 1. The van der Waals surface area contributed by atoms with E-state index in [0.717, 1.165) is 5.92 Å². The molecule has 0 aromatic heterocycles. The van der Waals surface area contributed by atoms with Crippen LogP contribution in [0.25, 0.3) is 0 Å². The first-order chi connectivity index (χ1) is 9.22. The summed E-state index contributed by atoms with van der Waals surface area (Å²) in [5.74, 6) is 0.975. The normalized spacial score (nSPS) is 11.8. The van der Waals surface area contributed by atoms with Crippen LogP contribution in [0.3, 0.4) is 0 Å². The zero-order chi connectivity index (χ0) is 14.8. The maximum absolute atomic E-state index is 7.57. The predicted octanol–water partition coefficient (Wildman–Crippen LogP) is 6.34. The molecule has 0 saturated heterocycles. The fourth-order valence-corrected chi connectivity index (χ4v) is 2.34. The molecule has 0 saturated carbocycles. The second-order valence-electron chi connectivity index (χ2n) is 5.83. The molecule has 0 bridgehead atoms. The van der Waals surface area contributed by atoms with Gasteiger partial charge in [0.1, 0.15) is 0 Å². The second kappa shape index (κ2) is 20.3. The first-order valence-corrected chi connectivity index (χ1v) is 8.83. The van der Waals surface area contributed by atoms with Crippen LogP contribution in [-0.4, -0.2) is 11.7 Å². The molecule has 118 valence electrons. The summed E-state index contributed by atoms with van der Waals surface area (Å²) in [5.41, 5.74) is 0. The molecule has 19 heavy (non-hydrogen) atoms. The molecule has 0 aromatic carbocycles. The van der Waals surface area contributed by atoms with E-state index in [4.69, 9.17) is 5.11 Å². The van der Waals surface area contributed by atoms with E-state index >= 15 is 0 Å². The highest BCUT2D eigenvalue weighted by Gasteiger charge is 2.01. The van der Waals surface area contributed by atoms with E-state index in [0.29, 0.717) is 0 Å². The van der Waals surface area contributed by atoms with Gasteiger partial charge < -0.3 is 5.11 Å². The summed E-state index contributed by atoms with van der Waals surface area (Å²) in [7, 11) is 0. The summed E-state index contributed by atoms with van der Waals surface area (Å²) in [5, 5.41) is 7.57. The highest BCUT2D eigenvalue weighted by atomic mass is 16.2. The summed E-state index contributed by atoms with van der Waals surface area (Å²) in [6.45, 7) is 8.95. The largest absolute Gasteiger partial charge is 0.397 e. The third-order valence-electron chi connectivity index (χ3n) is 3.60.